The molecule has 0 fully saturated rings. The maximum Gasteiger partial charge on any atom is 0.132 e. The summed E-state index contributed by atoms with van der Waals surface area (Å²) >= 11 is 5.75. The third-order valence-corrected chi connectivity index (χ3v) is 1.90. The van der Waals surface area contributed by atoms with Gasteiger partial charge < -0.3 is 5.84 Å². The first-order valence-electron chi connectivity index (χ1n) is 3.34. The van der Waals surface area contributed by atoms with Gasteiger partial charge in [-0.3, -0.25) is 0 Å². The Bertz CT molecular complexity index is 323. The fourth-order valence-corrected chi connectivity index (χ4v) is 1.01. The molecule has 2 N–H and O–H groups in total. The third kappa shape index (κ3) is 1.74. The Labute approximate surface area is 74.8 Å². The number of hydrogen-bond acceptors (Lipinski definition) is 2. The van der Waals surface area contributed by atoms with Crippen molar-refractivity contribution >= 4 is 17.8 Å². The highest BCUT2D eigenvalue weighted by Gasteiger charge is 2.03. The van der Waals surface area contributed by atoms with Crippen molar-refractivity contribution in [3.05, 3.63) is 34.1 Å². The van der Waals surface area contributed by atoms with Crippen LogP contribution in [-0.4, -0.2) is 6.21 Å². The first-order valence-corrected chi connectivity index (χ1v) is 3.72. The third-order valence-electron chi connectivity index (χ3n) is 1.49. The van der Waals surface area contributed by atoms with Crippen molar-refractivity contribution in [3.8, 4) is 0 Å². The van der Waals surface area contributed by atoms with Gasteiger partial charge in [0.05, 0.1) is 6.21 Å². The van der Waals surface area contributed by atoms with Crippen LogP contribution in [0.5, 0.6) is 0 Å². The van der Waals surface area contributed by atoms with Crippen molar-refractivity contribution in [2.24, 2.45) is 10.9 Å². The Morgan fingerprint density at radius 1 is 1.58 bits per heavy atom. The van der Waals surface area contributed by atoms with Crippen LogP contribution in [0, 0.1) is 12.7 Å². The zero-order valence-electron chi connectivity index (χ0n) is 6.51. The summed E-state index contributed by atoms with van der Waals surface area (Å²) in [4.78, 5) is 0. The van der Waals surface area contributed by atoms with Crippen LogP contribution >= 0.6 is 11.6 Å². The van der Waals surface area contributed by atoms with E-state index >= 15 is 0 Å². The predicted molar refractivity (Wildman–Crippen MR) is 47.9 cm³/mol. The number of halogens is 2. The normalized spacial score (nSPS) is 10.9. The minimum absolute atomic E-state index is 0.299. The lowest BCUT2D eigenvalue weighted by Gasteiger charge is -2.00. The van der Waals surface area contributed by atoms with Gasteiger partial charge in [-0.2, -0.15) is 5.10 Å². The quantitative estimate of drug-likeness (QED) is 0.407. The van der Waals surface area contributed by atoms with E-state index in [1.807, 2.05) is 0 Å². The zero-order valence-corrected chi connectivity index (χ0v) is 7.27. The number of rotatable bonds is 1. The largest absolute Gasteiger partial charge is 0.323 e. The molecule has 0 aliphatic carbocycles. The second-order valence-electron chi connectivity index (χ2n) is 2.40. The molecular formula is C8H8ClFN2. The molecule has 0 radical (unpaired) electrons. The minimum Gasteiger partial charge on any atom is -0.323 e. The predicted octanol–water partition coefficient (Wildman–Crippen LogP) is 2.08. The van der Waals surface area contributed by atoms with E-state index in [0.29, 0.717) is 16.1 Å². The summed E-state index contributed by atoms with van der Waals surface area (Å²) in [7, 11) is 0. The van der Waals surface area contributed by atoms with E-state index in [2.05, 4.69) is 5.10 Å². The average molecular weight is 187 g/mol. The average Bonchev–Trinajstić information content (AvgIpc) is 2.01. The molecule has 64 valence electrons. The van der Waals surface area contributed by atoms with Gasteiger partial charge in [0.1, 0.15) is 5.82 Å². The fourth-order valence-electron chi connectivity index (χ4n) is 0.841. The molecule has 0 saturated heterocycles. The van der Waals surface area contributed by atoms with Gasteiger partial charge in [0.25, 0.3) is 0 Å². The molecule has 0 unspecified atom stereocenters. The van der Waals surface area contributed by atoms with Gasteiger partial charge in [-0.25, -0.2) is 4.39 Å². The second-order valence-corrected chi connectivity index (χ2v) is 2.81. The van der Waals surface area contributed by atoms with E-state index in [0.717, 1.165) is 0 Å². The van der Waals surface area contributed by atoms with Crippen LogP contribution in [-0.2, 0) is 0 Å². The highest BCUT2D eigenvalue weighted by molar-refractivity contribution is 6.31. The highest BCUT2D eigenvalue weighted by atomic mass is 35.5. The molecule has 1 aromatic carbocycles. The highest BCUT2D eigenvalue weighted by Crippen LogP contribution is 2.18. The summed E-state index contributed by atoms with van der Waals surface area (Å²) in [5.41, 5.74) is 0.997. The van der Waals surface area contributed by atoms with E-state index in [9.17, 15) is 4.39 Å². The lowest BCUT2D eigenvalue weighted by Crippen LogP contribution is -1.92. The van der Waals surface area contributed by atoms with E-state index in [1.165, 1.54) is 18.3 Å². The van der Waals surface area contributed by atoms with Crippen molar-refractivity contribution < 1.29 is 4.39 Å². The van der Waals surface area contributed by atoms with E-state index in [1.54, 1.807) is 6.92 Å². The summed E-state index contributed by atoms with van der Waals surface area (Å²) in [5.74, 6) is 4.51. The lowest BCUT2D eigenvalue weighted by molar-refractivity contribution is 0.624. The summed E-state index contributed by atoms with van der Waals surface area (Å²) in [6.07, 6.45) is 1.22. The van der Waals surface area contributed by atoms with Crippen molar-refractivity contribution in [2.75, 3.05) is 0 Å². The van der Waals surface area contributed by atoms with Gasteiger partial charge in [-0.15, -0.1) is 0 Å². The molecular weight excluding hydrogens is 179 g/mol. The van der Waals surface area contributed by atoms with Crippen LogP contribution in [0.25, 0.3) is 0 Å². The summed E-state index contributed by atoms with van der Waals surface area (Å²) in [5, 5.41) is 3.72. The molecule has 0 aliphatic heterocycles. The van der Waals surface area contributed by atoms with E-state index < -0.39 is 0 Å². The molecule has 4 heteroatoms. The molecule has 0 amide bonds. The lowest BCUT2D eigenvalue weighted by atomic mass is 10.1. The molecule has 0 spiro atoms. The number of aryl methyl sites for hydroxylation is 1. The van der Waals surface area contributed by atoms with Crippen LogP contribution in [0.1, 0.15) is 11.1 Å². The Morgan fingerprint density at radius 3 is 2.83 bits per heavy atom. The van der Waals surface area contributed by atoms with Gasteiger partial charge >= 0.3 is 0 Å². The van der Waals surface area contributed by atoms with Crippen LogP contribution in [0.4, 0.5) is 4.39 Å². The van der Waals surface area contributed by atoms with Crippen molar-refractivity contribution in [1.82, 2.24) is 0 Å². The molecule has 0 aliphatic rings. The number of hydrazone groups is 1. The van der Waals surface area contributed by atoms with Crippen LogP contribution in [0.3, 0.4) is 0 Å². The van der Waals surface area contributed by atoms with Crippen LogP contribution in [0.15, 0.2) is 17.2 Å². The second kappa shape index (κ2) is 3.54. The molecule has 0 bridgehead atoms. The SMILES string of the molecule is Cc1cc(F)c(C=NN)cc1Cl. The van der Waals surface area contributed by atoms with E-state index in [-0.39, 0.29) is 5.82 Å². The molecule has 0 atom stereocenters. The van der Waals surface area contributed by atoms with Gasteiger partial charge in [0.15, 0.2) is 0 Å². The Balaban J connectivity index is 3.23. The van der Waals surface area contributed by atoms with Gasteiger partial charge in [-0.05, 0) is 24.6 Å². The van der Waals surface area contributed by atoms with Crippen molar-refractivity contribution in [2.45, 2.75) is 6.92 Å². The van der Waals surface area contributed by atoms with Gasteiger partial charge in [0.2, 0.25) is 0 Å². The summed E-state index contributed by atoms with van der Waals surface area (Å²) in [6.45, 7) is 1.73. The standard InChI is InChI=1S/C8H8ClFN2/c1-5-2-8(10)6(4-12-11)3-7(5)9/h2-4H,11H2,1H3. The van der Waals surface area contributed by atoms with Crippen LogP contribution in [0.2, 0.25) is 5.02 Å². The minimum atomic E-state index is -0.369. The maximum atomic E-state index is 13.0. The van der Waals surface area contributed by atoms with Gasteiger partial charge in [0, 0.05) is 10.6 Å². The Kier molecular flexibility index (Phi) is 2.65. The number of benzene rings is 1. The smallest absolute Gasteiger partial charge is 0.132 e. The molecule has 1 rings (SSSR count). The first-order chi connectivity index (χ1) is 5.65. The van der Waals surface area contributed by atoms with Crippen LogP contribution < -0.4 is 5.84 Å². The maximum absolute atomic E-state index is 13.0. The molecule has 0 saturated carbocycles. The zero-order chi connectivity index (χ0) is 9.14. The number of nitrogens with zero attached hydrogens (tertiary/aromatic N) is 1. The molecule has 0 aromatic heterocycles. The van der Waals surface area contributed by atoms with Crippen molar-refractivity contribution in [1.29, 1.82) is 0 Å². The summed E-state index contributed by atoms with van der Waals surface area (Å²) in [6, 6.07) is 2.84. The first kappa shape index (κ1) is 9.00. The molecule has 12 heavy (non-hydrogen) atoms. The fraction of sp³-hybridized carbons (Fsp3) is 0.125. The monoisotopic (exact) mass is 186 g/mol. The number of hydrogen-bond donors (Lipinski definition) is 1. The topological polar surface area (TPSA) is 38.4 Å². The summed E-state index contributed by atoms with van der Waals surface area (Å²) < 4.78 is 13.0. The Morgan fingerprint density at radius 2 is 2.25 bits per heavy atom. The molecule has 0 heterocycles. The van der Waals surface area contributed by atoms with Crippen molar-refractivity contribution in [3.63, 3.8) is 0 Å². The van der Waals surface area contributed by atoms with E-state index in [4.69, 9.17) is 17.4 Å². The molecule has 1 aromatic rings. The number of nitrogens with two attached hydrogens (primary N) is 1. The van der Waals surface area contributed by atoms with Gasteiger partial charge in [-0.1, -0.05) is 11.6 Å². The molecule has 2 nitrogen and oxygen atoms in total. The Hall–Kier alpha value is -1.09.